The molecule has 1 aromatic rings. The first-order valence-electron chi connectivity index (χ1n) is 9.73. The third-order valence-electron chi connectivity index (χ3n) is 7.23. The van der Waals surface area contributed by atoms with Crippen LogP contribution < -0.4 is 5.32 Å². The number of benzene rings is 1. The van der Waals surface area contributed by atoms with Crippen molar-refractivity contribution in [1.29, 1.82) is 0 Å². The molecule has 134 valence electrons. The minimum atomic E-state index is 0.0708. The summed E-state index contributed by atoms with van der Waals surface area (Å²) in [5, 5.41) is 13.3. The van der Waals surface area contributed by atoms with Gasteiger partial charge in [-0.15, -0.1) is 0 Å². The van der Waals surface area contributed by atoms with Gasteiger partial charge >= 0.3 is 0 Å². The standard InChI is InChI=1S/C21H26BrNO2/c22-21-9-13-6-14(10-21)8-20(7-13,12-21)11-19(25)23-17-5-4-16-15(17)2-1-3-18(16)24/h1-3,13-14,17,24H,4-12H2,(H,23,25). The van der Waals surface area contributed by atoms with Crippen LogP contribution in [0.4, 0.5) is 0 Å². The van der Waals surface area contributed by atoms with E-state index >= 15 is 0 Å². The van der Waals surface area contributed by atoms with Crippen LogP contribution in [-0.2, 0) is 11.2 Å². The number of rotatable bonds is 3. The van der Waals surface area contributed by atoms with Crippen LogP contribution in [0.2, 0.25) is 0 Å². The van der Waals surface area contributed by atoms with Crippen LogP contribution in [0.15, 0.2) is 18.2 Å². The van der Waals surface area contributed by atoms with Gasteiger partial charge in [0.1, 0.15) is 5.75 Å². The van der Waals surface area contributed by atoms with E-state index in [1.165, 1.54) is 38.5 Å². The van der Waals surface area contributed by atoms with Gasteiger partial charge in [0, 0.05) is 10.7 Å². The van der Waals surface area contributed by atoms with Gasteiger partial charge in [-0.25, -0.2) is 0 Å². The van der Waals surface area contributed by atoms with Crippen molar-refractivity contribution in [3.8, 4) is 5.75 Å². The number of nitrogens with one attached hydrogen (secondary N) is 1. The fraction of sp³-hybridized carbons (Fsp3) is 0.667. The minimum Gasteiger partial charge on any atom is -0.508 e. The van der Waals surface area contributed by atoms with Crippen molar-refractivity contribution in [2.45, 2.75) is 68.2 Å². The first-order chi connectivity index (χ1) is 11.9. The largest absolute Gasteiger partial charge is 0.508 e. The van der Waals surface area contributed by atoms with Gasteiger partial charge in [0.25, 0.3) is 0 Å². The molecule has 4 saturated carbocycles. The van der Waals surface area contributed by atoms with Crippen LogP contribution in [0, 0.1) is 17.3 Å². The Morgan fingerprint density at radius 1 is 1.24 bits per heavy atom. The van der Waals surface area contributed by atoms with Gasteiger partial charge in [0.15, 0.2) is 0 Å². The number of aromatic hydroxyl groups is 1. The molecule has 1 amide bonds. The van der Waals surface area contributed by atoms with Crippen LogP contribution in [0.3, 0.4) is 0 Å². The zero-order valence-electron chi connectivity index (χ0n) is 14.6. The highest BCUT2D eigenvalue weighted by Gasteiger charge is 2.57. The quantitative estimate of drug-likeness (QED) is 0.723. The number of phenolic OH excluding ortho intramolecular Hbond substituents is 1. The molecule has 0 aromatic heterocycles. The normalized spacial score (nSPS) is 40.9. The number of hydrogen-bond acceptors (Lipinski definition) is 2. The summed E-state index contributed by atoms with van der Waals surface area (Å²) < 4.78 is 0.309. The Kier molecular flexibility index (Phi) is 3.55. The topological polar surface area (TPSA) is 49.3 Å². The Hall–Kier alpha value is -1.03. The average molecular weight is 404 g/mol. The van der Waals surface area contributed by atoms with Crippen LogP contribution in [0.5, 0.6) is 5.75 Å². The lowest BCUT2D eigenvalue weighted by Crippen LogP contribution is -2.54. The van der Waals surface area contributed by atoms with E-state index in [0.29, 0.717) is 16.5 Å². The monoisotopic (exact) mass is 403 g/mol. The van der Waals surface area contributed by atoms with Gasteiger partial charge in [-0.3, -0.25) is 4.79 Å². The molecule has 0 radical (unpaired) electrons. The molecule has 0 heterocycles. The summed E-state index contributed by atoms with van der Waals surface area (Å²) in [5.41, 5.74) is 2.34. The van der Waals surface area contributed by atoms with Gasteiger partial charge in [-0.2, -0.15) is 0 Å². The van der Waals surface area contributed by atoms with Crippen molar-refractivity contribution < 1.29 is 9.90 Å². The molecule has 3 unspecified atom stereocenters. The smallest absolute Gasteiger partial charge is 0.221 e. The maximum Gasteiger partial charge on any atom is 0.221 e. The van der Waals surface area contributed by atoms with Crippen molar-refractivity contribution in [2.75, 3.05) is 0 Å². The number of fused-ring (bicyclic) bond motifs is 1. The Morgan fingerprint density at radius 2 is 2.00 bits per heavy atom. The summed E-state index contributed by atoms with van der Waals surface area (Å²) in [6.45, 7) is 0. The predicted octanol–water partition coefficient (Wildman–Crippen LogP) is 4.62. The van der Waals surface area contributed by atoms with Crippen molar-refractivity contribution in [3.05, 3.63) is 29.3 Å². The molecule has 4 fully saturated rings. The third-order valence-corrected chi connectivity index (χ3v) is 8.16. The maximum atomic E-state index is 12.9. The second-order valence-electron chi connectivity index (χ2n) is 9.29. The lowest BCUT2D eigenvalue weighted by atomic mass is 9.48. The number of alkyl halides is 1. The number of amides is 1. The summed E-state index contributed by atoms with van der Waals surface area (Å²) in [6, 6.07) is 5.74. The molecule has 5 aliphatic rings. The van der Waals surface area contributed by atoms with E-state index in [9.17, 15) is 9.90 Å². The molecule has 3 nitrogen and oxygen atoms in total. The summed E-state index contributed by atoms with van der Waals surface area (Å²) in [4.78, 5) is 12.9. The second-order valence-corrected chi connectivity index (χ2v) is 11.0. The van der Waals surface area contributed by atoms with Gasteiger partial charge in [-0.1, -0.05) is 28.1 Å². The first-order valence-corrected chi connectivity index (χ1v) is 10.5. The molecule has 0 aliphatic heterocycles. The second kappa shape index (κ2) is 5.48. The maximum absolute atomic E-state index is 12.9. The van der Waals surface area contributed by atoms with E-state index in [1.807, 2.05) is 12.1 Å². The first kappa shape index (κ1) is 16.2. The highest BCUT2D eigenvalue weighted by atomic mass is 79.9. The molecule has 3 atom stereocenters. The fourth-order valence-electron chi connectivity index (χ4n) is 6.91. The van der Waals surface area contributed by atoms with E-state index < -0.39 is 0 Å². The Morgan fingerprint density at radius 3 is 2.72 bits per heavy atom. The third kappa shape index (κ3) is 2.72. The minimum absolute atomic E-state index is 0.0708. The molecular weight excluding hydrogens is 378 g/mol. The summed E-state index contributed by atoms with van der Waals surface area (Å²) >= 11 is 4.04. The SMILES string of the molecule is O=C(CC12CC3CC(CC(Br)(C3)C1)C2)NC1CCc2c(O)cccc21. The summed E-state index contributed by atoms with van der Waals surface area (Å²) in [5.74, 6) is 2.21. The van der Waals surface area contributed by atoms with Crippen LogP contribution in [0.25, 0.3) is 0 Å². The number of phenols is 1. The predicted molar refractivity (Wildman–Crippen MR) is 101 cm³/mol. The molecule has 6 rings (SSSR count). The Balaban J connectivity index is 1.30. The summed E-state index contributed by atoms with van der Waals surface area (Å²) in [6.07, 6.45) is 10.1. The van der Waals surface area contributed by atoms with Gasteiger partial charge in [0.05, 0.1) is 6.04 Å². The average Bonchev–Trinajstić information content (AvgIpc) is 2.88. The molecule has 5 aliphatic carbocycles. The highest BCUT2D eigenvalue weighted by molar-refractivity contribution is 9.10. The lowest BCUT2D eigenvalue weighted by molar-refractivity contribution is -0.128. The molecule has 4 heteroatoms. The van der Waals surface area contributed by atoms with Crippen molar-refractivity contribution in [1.82, 2.24) is 5.32 Å². The van der Waals surface area contributed by atoms with Crippen molar-refractivity contribution >= 4 is 21.8 Å². The molecule has 1 aromatic carbocycles. The zero-order valence-corrected chi connectivity index (χ0v) is 16.1. The highest BCUT2D eigenvalue weighted by Crippen LogP contribution is 2.65. The molecule has 25 heavy (non-hydrogen) atoms. The molecule has 2 N–H and O–H groups in total. The van der Waals surface area contributed by atoms with Crippen molar-refractivity contribution in [2.24, 2.45) is 17.3 Å². The van der Waals surface area contributed by atoms with E-state index in [1.54, 1.807) is 6.07 Å². The number of carbonyl (C=O) groups is 1. The van der Waals surface area contributed by atoms with Gasteiger partial charge in [-0.05, 0) is 85.8 Å². The van der Waals surface area contributed by atoms with E-state index in [2.05, 4.69) is 21.2 Å². The van der Waals surface area contributed by atoms with Crippen LogP contribution in [-0.4, -0.2) is 15.3 Å². The van der Waals surface area contributed by atoms with E-state index in [0.717, 1.165) is 35.8 Å². The molecule has 0 spiro atoms. The lowest BCUT2D eigenvalue weighted by Gasteiger charge is -2.60. The Labute approximate surface area is 157 Å². The van der Waals surface area contributed by atoms with E-state index in [-0.39, 0.29) is 17.4 Å². The molecule has 4 bridgehead atoms. The number of halogens is 1. The van der Waals surface area contributed by atoms with Gasteiger partial charge in [0.2, 0.25) is 5.91 Å². The Bertz CT molecular complexity index is 717. The summed E-state index contributed by atoms with van der Waals surface area (Å²) in [7, 11) is 0. The van der Waals surface area contributed by atoms with Crippen LogP contribution in [0.1, 0.15) is 68.5 Å². The zero-order chi connectivity index (χ0) is 17.2. The number of hydrogen-bond donors (Lipinski definition) is 2. The van der Waals surface area contributed by atoms with Crippen molar-refractivity contribution in [3.63, 3.8) is 0 Å². The van der Waals surface area contributed by atoms with E-state index in [4.69, 9.17) is 0 Å². The molecular formula is C21H26BrNO2. The number of carbonyl (C=O) groups excluding carboxylic acids is 1. The van der Waals surface area contributed by atoms with Crippen LogP contribution >= 0.6 is 15.9 Å². The fourth-order valence-corrected chi connectivity index (χ4v) is 8.42. The van der Waals surface area contributed by atoms with Gasteiger partial charge < -0.3 is 10.4 Å². The molecule has 0 saturated heterocycles.